The fraction of sp³-hybridized carbons (Fsp3) is 0.318. The molecule has 0 unspecified atom stereocenters. The lowest BCUT2D eigenvalue weighted by molar-refractivity contribution is 0.261. The molecule has 0 N–H and O–H groups in total. The number of aromatic nitrogens is 1. The highest BCUT2D eigenvalue weighted by Crippen LogP contribution is 2.30. The summed E-state index contributed by atoms with van der Waals surface area (Å²) in [6.07, 6.45) is 2.53. The minimum absolute atomic E-state index is 0.0967. The Morgan fingerprint density at radius 2 is 1.64 bits per heavy atom. The molecule has 0 spiro atoms. The van der Waals surface area contributed by atoms with Crippen LogP contribution in [0, 0.1) is 11.6 Å². The summed E-state index contributed by atoms with van der Waals surface area (Å²) in [5.74, 6) is -0.0524. The average Bonchev–Trinajstić information content (AvgIpc) is 2.75. The van der Waals surface area contributed by atoms with Crippen molar-refractivity contribution in [3.05, 3.63) is 65.9 Å². The van der Waals surface area contributed by atoms with Gasteiger partial charge in [-0.3, -0.25) is 9.88 Å². The van der Waals surface area contributed by atoms with Crippen molar-refractivity contribution in [3.8, 4) is 5.75 Å². The van der Waals surface area contributed by atoms with Gasteiger partial charge in [-0.25, -0.2) is 8.78 Å². The molecule has 1 aromatic heterocycles. The molecule has 4 rings (SSSR count). The van der Waals surface area contributed by atoms with Crippen molar-refractivity contribution >= 4 is 16.6 Å². The molecular formula is C22H23F2N3O. The minimum atomic E-state index is -0.489. The van der Waals surface area contributed by atoms with Crippen molar-refractivity contribution in [1.82, 2.24) is 9.88 Å². The molecule has 28 heavy (non-hydrogen) atoms. The highest BCUT2D eigenvalue weighted by atomic mass is 19.1. The van der Waals surface area contributed by atoms with Crippen LogP contribution in [0.2, 0.25) is 0 Å². The lowest BCUT2D eigenvalue weighted by Crippen LogP contribution is -2.47. The van der Waals surface area contributed by atoms with Crippen LogP contribution in [0.3, 0.4) is 0 Å². The molecule has 0 atom stereocenters. The maximum atomic E-state index is 14.4. The van der Waals surface area contributed by atoms with Gasteiger partial charge in [0, 0.05) is 38.9 Å². The smallest absolute Gasteiger partial charge is 0.149 e. The number of benzene rings is 2. The monoisotopic (exact) mass is 383 g/mol. The molecule has 6 heteroatoms. The maximum absolute atomic E-state index is 14.4. The number of halogens is 2. The van der Waals surface area contributed by atoms with E-state index in [2.05, 4.69) is 26.9 Å². The topological polar surface area (TPSA) is 28.6 Å². The number of nitrogens with zero attached hydrogens (tertiary/aromatic N) is 3. The Labute approximate surface area is 163 Å². The summed E-state index contributed by atoms with van der Waals surface area (Å²) in [6, 6.07) is 12.2. The van der Waals surface area contributed by atoms with E-state index in [1.54, 1.807) is 19.4 Å². The van der Waals surface area contributed by atoms with Gasteiger partial charge in [0.15, 0.2) is 0 Å². The largest absolute Gasteiger partial charge is 0.497 e. The van der Waals surface area contributed by atoms with Gasteiger partial charge in [0.1, 0.15) is 22.9 Å². The van der Waals surface area contributed by atoms with Gasteiger partial charge in [0.2, 0.25) is 0 Å². The molecule has 4 nitrogen and oxygen atoms in total. The second-order valence-corrected chi connectivity index (χ2v) is 7.01. The predicted octanol–water partition coefficient (Wildman–Crippen LogP) is 3.89. The first-order valence-electron chi connectivity index (χ1n) is 9.48. The van der Waals surface area contributed by atoms with Crippen LogP contribution in [-0.2, 0) is 6.42 Å². The number of pyridine rings is 1. The van der Waals surface area contributed by atoms with Gasteiger partial charge < -0.3 is 9.64 Å². The average molecular weight is 383 g/mol. The first-order valence-corrected chi connectivity index (χ1v) is 9.48. The first kappa shape index (κ1) is 18.6. The summed E-state index contributed by atoms with van der Waals surface area (Å²) in [7, 11) is 1.67. The summed E-state index contributed by atoms with van der Waals surface area (Å²) in [4.78, 5) is 8.55. The van der Waals surface area contributed by atoms with Crippen LogP contribution in [-0.4, -0.2) is 49.7 Å². The van der Waals surface area contributed by atoms with E-state index >= 15 is 0 Å². The molecule has 3 aromatic rings. The fourth-order valence-corrected chi connectivity index (χ4v) is 3.73. The van der Waals surface area contributed by atoms with Gasteiger partial charge in [-0.2, -0.15) is 0 Å². The van der Waals surface area contributed by atoms with E-state index in [1.165, 1.54) is 11.6 Å². The third kappa shape index (κ3) is 3.78. The summed E-state index contributed by atoms with van der Waals surface area (Å²) >= 11 is 0. The van der Waals surface area contributed by atoms with Crippen LogP contribution in [0.5, 0.6) is 5.75 Å². The SMILES string of the molecule is COc1ccc(CCN2CCN(c3ccnc4c(F)ccc(F)c34)CC2)cc1. The lowest BCUT2D eigenvalue weighted by atomic mass is 10.1. The number of rotatable bonds is 5. The van der Waals surface area contributed by atoms with Crippen LogP contribution < -0.4 is 9.64 Å². The minimum Gasteiger partial charge on any atom is -0.497 e. The molecule has 0 saturated carbocycles. The normalized spacial score (nSPS) is 15.2. The van der Waals surface area contributed by atoms with Crippen LogP contribution in [0.25, 0.3) is 10.9 Å². The summed E-state index contributed by atoms with van der Waals surface area (Å²) in [6.45, 7) is 4.30. The number of piperazine rings is 1. The van der Waals surface area contributed by atoms with Crippen molar-refractivity contribution < 1.29 is 13.5 Å². The van der Waals surface area contributed by atoms with E-state index in [0.29, 0.717) is 0 Å². The third-order valence-corrected chi connectivity index (χ3v) is 5.36. The van der Waals surface area contributed by atoms with Crippen LogP contribution in [0.15, 0.2) is 48.7 Å². The molecule has 0 amide bonds. The highest BCUT2D eigenvalue weighted by Gasteiger charge is 2.21. The number of methoxy groups -OCH3 is 1. The van der Waals surface area contributed by atoms with Gasteiger partial charge in [0.25, 0.3) is 0 Å². The Balaban J connectivity index is 1.40. The summed E-state index contributed by atoms with van der Waals surface area (Å²) in [5, 5.41) is 0.272. The molecule has 1 saturated heterocycles. The number of fused-ring (bicyclic) bond motifs is 1. The van der Waals surface area contributed by atoms with Crippen LogP contribution in [0.4, 0.5) is 14.5 Å². The number of anilines is 1. The molecule has 146 valence electrons. The predicted molar refractivity (Wildman–Crippen MR) is 107 cm³/mol. The van der Waals surface area contributed by atoms with Gasteiger partial charge in [0.05, 0.1) is 18.2 Å². The number of hydrogen-bond donors (Lipinski definition) is 0. The van der Waals surface area contributed by atoms with E-state index in [9.17, 15) is 8.78 Å². The van der Waals surface area contributed by atoms with E-state index in [4.69, 9.17) is 4.74 Å². The van der Waals surface area contributed by atoms with Gasteiger partial charge in [-0.1, -0.05) is 12.1 Å². The quantitative estimate of drug-likeness (QED) is 0.668. The standard InChI is InChI=1S/C22H23F2N3O/c1-28-17-4-2-16(3-5-17)9-11-26-12-14-27(15-13-26)20-8-10-25-22-19(24)7-6-18(23)21(20)22/h2-8,10H,9,11-15H2,1H3. The maximum Gasteiger partial charge on any atom is 0.149 e. The lowest BCUT2D eigenvalue weighted by Gasteiger charge is -2.36. The fourth-order valence-electron chi connectivity index (χ4n) is 3.73. The van der Waals surface area contributed by atoms with Crippen molar-refractivity contribution in [2.45, 2.75) is 6.42 Å². The molecule has 0 bridgehead atoms. The zero-order valence-corrected chi connectivity index (χ0v) is 15.9. The van der Waals surface area contributed by atoms with Gasteiger partial charge in [-0.05, 0) is 42.3 Å². The van der Waals surface area contributed by atoms with Crippen molar-refractivity contribution in [3.63, 3.8) is 0 Å². The second kappa shape index (κ2) is 8.10. The molecule has 1 aliphatic heterocycles. The highest BCUT2D eigenvalue weighted by molar-refractivity contribution is 5.92. The van der Waals surface area contributed by atoms with E-state index in [1.807, 2.05) is 12.1 Å². The Hall–Kier alpha value is -2.73. The molecular weight excluding hydrogens is 360 g/mol. The van der Waals surface area contributed by atoms with E-state index < -0.39 is 11.6 Å². The molecule has 0 aliphatic carbocycles. The molecule has 1 fully saturated rings. The zero-order valence-electron chi connectivity index (χ0n) is 15.9. The zero-order chi connectivity index (χ0) is 19.5. The Morgan fingerprint density at radius 1 is 0.929 bits per heavy atom. The van der Waals surface area contributed by atoms with Crippen LogP contribution in [0.1, 0.15) is 5.56 Å². The number of hydrogen-bond acceptors (Lipinski definition) is 4. The third-order valence-electron chi connectivity index (χ3n) is 5.36. The molecule has 2 heterocycles. The van der Waals surface area contributed by atoms with Gasteiger partial charge >= 0.3 is 0 Å². The first-order chi connectivity index (χ1) is 13.7. The van der Waals surface area contributed by atoms with Crippen LogP contribution >= 0.6 is 0 Å². The van der Waals surface area contributed by atoms with Crippen molar-refractivity contribution in [2.24, 2.45) is 0 Å². The summed E-state index contributed by atoms with van der Waals surface area (Å²) in [5.41, 5.74) is 2.09. The van der Waals surface area contributed by atoms with Gasteiger partial charge in [-0.15, -0.1) is 0 Å². The molecule has 1 aliphatic rings. The van der Waals surface area contributed by atoms with E-state index in [0.717, 1.165) is 56.6 Å². The Morgan fingerprint density at radius 3 is 2.36 bits per heavy atom. The Bertz CT molecular complexity index is 954. The van der Waals surface area contributed by atoms with Crippen molar-refractivity contribution in [1.29, 1.82) is 0 Å². The number of ether oxygens (including phenoxy) is 1. The second-order valence-electron chi connectivity index (χ2n) is 7.01. The molecule has 0 radical (unpaired) electrons. The Kier molecular flexibility index (Phi) is 5.39. The van der Waals surface area contributed by atoms with Crippen molar-refractivity contribution in [2.75, 3.05) is 44.7 Å². The summed E-state index contributed by atoms with van der Waals surface area (Å²) < 4.78 is 33.6. The van der Waals surface area contributed by atoms with E-state index in [-0.39, 0.29) is 10.9 Å². The molecule has 2 aromatic carbocycles.